The Morgan fingerprint density at radius 3 is 2.81 bits per heavy atom. The number of nitrogens with zero attached hydrogens (tertiary/aromatic N) is 1. The van der Waals surface area contributed by atoms with Crippen LogP contribution in [0.5, 0.6) is 0 Å². The molecule has 3 nitrogen and oxygen atoms in total. The third-order valence-corrected chi connectivity index (χ3v) is 2.29. The van der Waals surface area contributed by atoms with Gasteiger partial charge in [-0.1, -0.05) is 29.8 Å². The molecule has 0 spiro atoms. The van der Waals surface area contributed by atoms with Crippen LogP contribution >= 0.6 is 0 Å². The lowest BCUT2D eigenvalue weighted by Crippen LogP contribution is -2.27. The van der Waals surface area contributed by atoms with Crippen LogP contribution in [0.1, 0.15) is 11.1 Å². The molecule has 0 radical (unpaired) electrons. The number of hydrogen-bond acceptors (Lipinski definition) is 3. The molecule has 16 heavy (non-hydrogen) atoms. The molecule has 0 saturated carbocycles. The van der Waals surface area contributed by atoms with Gasteiger partial charge in [0.15, 0.2) is 5.78 Å². The van der Waals surface area contributed by atoms with Crippen LogP contribution in [0, 0.1) is 6.92 Å². The fourth-order valence-electron chi connectivity index (χ4n) is 1.69. The number of rotatable bonds is 6. The Bertz CT molecular complexity index is 350. The van der Waals surface area contributed by atoms with E-state index in [2.05, 4.69) is 25.1 Å². The molecule has 88 valence electrons. The monoisotopic (exact) mass is 221 g/mol. The molecule has 0 fully saturated rings. The maximum absolute atomic E-state index is 11.3. The van der Waals surface area contributed by atoms with Crippen LogP contribution in [0.3, 0.4) is 0 Å². The molecule has 0 atom stereocenters. The van der Waals surface area contributed by atoms with Gasteiger partial charge in [0.25, 0.3) is 0 Å². The van der Waals surface area contributed by atoms with Gasteiger partial charge in [-0.2, -0.15) is 0 Å². The molecule has 0 bridgehead atoms. The van der Waals surface area contributed by atoms with E-state index in [9.17, 15) is 4.79 Å². The molecule has 0 saturated heterocycles. The zero-order valence-corrected chi connectivity index (χ0v) is 10.2. The van der Waals surface area contributed by atoms with Gasteiger partial charge < -0.3 is 4.74 Å². The first-order chi connectivity index (χ1) is 7.61. The maximum Gasteiger partial charge on any atom is 0.172 e. The van der Waals surface area contributed by atoms with Crippen molar-refractivity contribution in [3.8, 4) is 0 Å². The van der Waals surface area contributed by atoms with Gasteiger partial charge in [0.1, 0.15) is 6.61 Å². The molecule has 0 amide bonds. The van der Waals surface area contributed by atoms with Gasteiger partial charge in [-0.3, -0.25) is 9.69 Å². The van der Waals surface area contributed by atoms with Crippen LogP contribution in [-0.4, -0.2) is 38.0 Å². The average Bonchev–Trinajstić information content (AvgIpc) is 2.17. The number of likely N-dealkylation sites (N-methyl/N-ethyl adjacent to an activating group) is 1. The molecule has 0 aliphatic rings. The quantitative estimate of drug-likeness (QED) is 0.731. The van der Waals surface area contributed by atoms with E-state index < -0.39 is 0 Å². The zero-order valence-electron chi connectivity index (χ0n) is 10.2. The van der Waals surface area contributed by atoms with Crippen molar-refractivity contribution in [2.75, 3.05) is 27.3 Å². The van der Waals surface area contributed by atoms with Crippen molar-refractivity contribution in [2.45, 2.75) is 13.5 Å². The summed E-state index contributed by atoms with van der Waals surface area (Å²) in [5, 5.41) is 0. The molecule has 0 aromatic heterocycles. The normalized spacial score (nSPS) is 10.8. The van der Waals surface area contributed by atoms with Crippen molar-refractivity contribution in [1.29, 1.82) is 0 Å². The minimum absolute atomic E-state index is 0.109. The van der Waals surface area contributed by atoms with Gasteiger partial charge in [0, 0.05) is 13.7 Å². The predicted molar refractivity (Wildman–Crippen MR) is 64.4 cm³/mol. The van der Waals surface area contributed by atoms with Crippen molar-refractivity contribution < 1.29 is 9.53 Å². The summed E-state index contributed by atoms with van der Waals surface area (Å²) in [7, 11) is 3.48. The summed E-state index contributed by atoms with van der Waals surface area (Å²) in [5.41, 5.74) is 2.47. The van der Waals surface area contributed by atoms with Crippen molar-refractivity contribution in [2.24, 2.45) is 0 Å². The Morgan fingerprint density at radius 1 is 1.44 bits per heavy atom. The minimum Gasteiger partial charge on any atom is -0.377 e. The van der Waals surface area contributed by atoms with Gasteiger partial charge in [0.05, 0.1) is 6.54 Å². The molecular weight excluding hydrogens is 202 g/mol. The molecule has 0 N–H and O–H groups in total. The number of ketones is 1. The Kier molecular flexibility index (Phi) is 5.15. The largest absolute Gasteiger partial charge is 0.377 e. The summed E-state index contributed by atoms with van der Waals surface area (Å²) in [6, 6.07) is 8.32. The summed E-state index contributed by atoms with van der Waals surface area (Å²) in [6.07, 6.45) is 0. The summed E-state index contributed by atoms with van der Waals surface area (Å²) in [5.74, 6) is 0.109. The lowest BCUT2D eigenvalue weighted by Gasteiger charge is -2.15. The Balaban J connectivity index is 2.45. The number of aryl methyl sites for hydroxylation is 1. The molecule has 0 unspecified atom stereocenters. The minimum atomic E-state index is 0.109. The standard InChI is InChI=1S/C13H19NO2/c1-11-5-4-6-12(7-11)8-14(2)9-13(15)10-16-3/h4-7H,8-10H2,1-3H3. The lowest BCUT2D eigenvalue weighted by molar-refractivity contribution is -0.123. The Hall–Kier alpha value is -1.19. The number of hydrogen-bond donors (Lipinski definition) is 0. The molecule has 3 heteroatoms. The number of methoxy groups -OCH3 is 1. The van der Waals surface area contributed by atoms with Gasteiger partial charge in [-0.05, 0) is 19.5 Å². The highest BCUT2D eigenvalue weighted by molar-refractivity contribution is 5.81. The highest BCUT2D eigenvalue weighted by atomic mass is 16.5. The number of benzene rings is 1. The molecule has 1 aromatic carbocycles. The number of carbonyl (C=O) groups is 1. The summed E-state index contributed by atoms with van der Waals surface area (Å²) in [4.78, 5) is 13.3. The SMILES string of the molecule is COCC(=O)CN(C)Cc1cccc(C)c1. The lowest BCUT2D eigenvalue weighted by atomic mass is 10.1. The summed E-state index contributed by atoms with van der Waals surface area (Å²) >= 11 is 0. The smallest absolute Gasteiger partial charge is 0.172 e. The third-order valence-electron chi connectivity index (χ3n) is 2.29. The van der Waals surface area contributed by atoms with Crippen molar-refractivity contribution in [1.82, 2.24) is 4.90 Å². The second-order valence-electron chi connectivity index (χ2n) is 4.13. The number of Topliss-reactive ketones (excluding diaryl/α,β-unsaturated/α-hetero) is 1. The van der Waals surface area contributed by atoms with Crippen molar-refractivity contribution in [3.05, 3.63) is 35.4 Å². The zero-order chi connectivity index (χ0) is 12.0. The topological polar surface area (TPSA) is 29.5 Å². The van der Waals surface area contributed by atoms with Crippen molar-refractivity contribution in [3.63, 3.8) is 0 Å². The Labute approximate surface area is 97.0 Å². The number of carbonyl (C=O) groups excluding carboxylic acids is 1. The highest BCUT2D eigenvalue weighted by Crippen LogP contribution is 2.06. The van der Waals surface area contributed by atoms with E-state index in [0.29, 0.717) is 6.54 Å². The van der Waals surface area contributed by atoms with E-state index in [1.807, 2.05) is 18.0 Å². The first-order valence-corrected chi connectivity index (χ1v) is 5.36. The molecule has 0 heterocycles. The number of ether oxygens (including phenoxy) is 1. The molecule has 1 aromatic rings. The molecule has 0 aliphatic heterocycles. The molecule has 1 rings (SSSR count). The fraction of sp³-hybridized carbons (Fsp3) is 0.462. The summed E-state index contributed by atoms with van der Waals surface area (Å²) < 4.78 is 4.80. The Morgan fingerprint density at radius 2 is 2.19 bits per heavy atom. The van der Waals surface area contributed by atoms with Crippen LogP contribution in [0.4, 0.5) is 0 Å². The van der Waals surface area contributed by atoms with E-state index >= 15 is 0 Å². The maximum atomic E-state index is 11.3. The second kappa shape index (κ2) is 6.40. The molecular formula is C13H19NO2. The fourth-order valence-corrected chi connectivity index (χ4v) is 1.69. The average molecular weight is 221 g/mol. The van der Waals surface area contributed by atoms with Crippen LogP contribution < -0.4 is 0 Å². The summed E-state index contributed by atoms with van der Waals surface area (Å²) in [6.45, 7) is 3.48. The molecule has 0 aliphatic carbocycles. The van der Waals surface area contributed by atoms with Crippen LogP contribution in [0.15, 0.2) is 24.3 Å². The second-order valence-corrected chi connectivity index (χ2v) is 4.13. The van der Waals surface area contributed by atoms with Crippen LogP contribution in [-0.2, 0) is 16.1 Å². The van der Waals surface area contributed by atoms with Crippen molar-refractivity contribution >= 4 is 5.78 Å². The van der Waals surface area contributed by atoms with E-state index in [-0.39, 0.29) is 12.4 Å². The highest BCUT2D eigenvalue weighted by Gasteiger charge is 2.06. The third kappa shape index (κ3) is 4.55. The van der Waals surface area contributed by atoms with E-state index in [1.165, 1.54) is 11.1 Å². The van der Waals surface area contributed by atoms with Gasteiger partial charge in [0.2, 0.25) is 0 Å². The first kappa shape index (κ1) is 12.9. The van der Waals surface area contributed by atoms with Gasteiger partial charge >= 0.3 is 0 Å². The predicted octanol–water partition coefficient (Wildman–Crippen LogP) is 1.64. The van der Waals surface area contributed by atoms with Crippen LogP contribution in [0.25, 0.3) is 0 Å². The van der Waals surface area contributed by atoms with E-state index in [0.717, 1.165) is 6.54 Å². The van der Waals surface area contributed by atoms with Gasteiger partial charge in [-0.15, -0.1) is 0 Å². The van der Waals surface area contributed by atoms with E-state index in [4.69, 9.17) is 4.74 Å². The van der Waals surface area contributed by atoms with Crippen LogP contribution in [0.2, 0.25) is 0 Å². The van der Waals surface area contributed by atoms with Gasteiger partial charge in [-0.25, -0.2) is 0 Å². The van der Waals surface area contributed by atoms with E-state index in [1.54, 1.807) is 7.11 Å². The first-order valence-electron chi connectivity index (χ1n) is 5.36.